The molecule has 4 rings (SSSR count). The zero-order valence-electron chi connectivity index (χ0n) is 17.1. The molecule has 3 aliphatic rings. The summed E-state index contributed by atoms with van der Waals surface area (Å²) < 4.78 is 6.20. The third kappa shape index (κ3) is 3.48. The summed E-state index contributed by atoms with van der Waals surface area (Å²) in [6.45, 7) is 7.91. The predicted octanol–water partition coefficient (Wildman–Crippen LogP) is 5.23. The van der Waals surface area contributed by atoms with E-state index < -0.39 is 23.2 Å². The van der Waals surface area contributed by atoms with Crippen molar-refractivity contribution < 1.29 is 19.4 Å². The standard InChI is InChI=1S/C23H26Cl2O4/c1-21(2)8-14(26)18-16(10-21)29-23(28)11-22(3,4)9-15(27)20(23)19(18)17-12(24)6-5-7-13(17)25/h5-7,16,18,28H,8-11H2,1-4H3. The number of halogens is 2. The maximum atomic E-state index is 13.3. The van der Waals surface area contributed by atoms with Crippen molar-refractivity contribution in [3.63, 3.8) is 0 Å². The summed E-state index contributed by atoms with van der Waals surface area (Å²) in [7, 11) is 0. The van der Waals surface area contributed by atoms with Crippen LogP contribution in [0.2, 0.25) is 10.0 Å². The molecule has 1 aromatic carbocycles. The summed E-state index contributed by atoms with van der Waals surface area (Å²) in [6.07, 6.45) is 0.957. The molecule has 2 fully saturated rings. The Morgan fingerprint density at radius 2 is 1.66 bits per heavy atom. The molecule has 0 spiro atoms. The topological polar surface area (TPSA) is 63.6 Å². The van der Waals surface area contributed by atoms with Crippen LogP contribution < -0.4 is 0 Å². The van der Waals surface area contributed by atoms with E-state index in [0.29, 0.717) is 34.0 Å². The molecule has 1 heterocycles. The monoisotopic (exact) mass is 436 g/mol. The number of rotatable bonds is 1. The van der Waals surface area contributed by atoms with Crippen LogP contribution in [-0.2, 0) is 14.3 Å². The minimum absolute atomic E-state index is 0.00980. The summed E-state index contributed by atoms with van der Waals surface area (Å²) in [5, 5.41) is 12.3. The summed E-state index contributed by atoms with van der Waals surface area (Å²) >= 11 is 13.0. The van der Waals surface area contributed by atoms with Crippen LogP contribution in [0.1, 0.15) is 58.9 Å². The molecule has 156 valence electrons. The lowest BCUT2D eigenvalue weighted by Gasteiger charge is -2.52. The zero-order chi connectivity index (χ0) is 21.4. The molecule has 1 aromatic rings. The molecule has 0 bridgehead atoms. The van der Waals surface area contributed by atoms with Gasteiger partial charge in [0.25, 0.3) is 0 Å². The number of carbonyl (C=O) groups excluding carboxylic acids is 2. The molecule has 6 heteroatoms. The number of aliphatic hydroxyl groups is 1. The lowest BCUT2D eigenvalue weighted by molar-refractivity contribution is -0.245. The lowest BCUT2D eigenvalue weighted by Crippen LogP contribution is -2.57. The summed E-state index contributed by atoms with van der Waals surface area (Å²) in [4.78, 5) is 26.5. The van der Waals surface area contributed by atoms with E-state index in [0.717, 1.165) is 0 Å². The average molecular weight is 437 g/mol. The Balaban J connectivity index is 2.02. The average Bonchev–Trinajstić information content (AvgIpc) is 2.49. The van der Waals surface area contributed by atoms with Crippen LogP contribution in [0.5, 0.6) is 0 Å². The molecule has 0 aromatic heterocycles. The molecule has 2 saturated carbocycles. The number of ether oxygens (including phenoxy) is 1. The normalized spacial score (nSPS) is 33.3. The van der Waals surface area contributed by atoms with Crippen LogP contribution in [0.3, 0.4) is 0 Å². The molecular weight excluding hydrogens is 411 g/mol. The van der Waals surface area contributed by atoms with Gasteiger partial charge in [0.05, 0.1) is 17.6 Å². The van der Waals surface area contributed by atoms with Crippen molar-refractivity contribution in [1.82, 2.24) is 0 Å². The molecule has 4 nitrogen and oxygen atoms in total. The van der Waals surface area contributed by atoms with Crippen LogP contribution in [0.15, 0.2) is 23.8 Å². The fourth-order valence-electron chi connectivity index (χ4n) is 5.42. The summed E-state index contributed by atoms with van der Waals surface area (Å²) in [5.74, 6) is -2.65. The van der Waals surface area contributed by atoms with E-state index in [2.05, 4.69) is 0 Å². The van der Waals surface area contributed by atoms with Gasteiger partial charge in [-0.05, 0) is 35.0 Å². The van der Waals surface area contributed by atoms with Gasteiger partial charge in [-0.2, -0.15) is 0 Å². The molecule has 29 heavy (non-hydrogen) atoms. The summed E-state index contributed by atoms with van der Waals surface area (Å²) in [5.41, 5.74) is 0.395. The molecule has 3 atom stereocenters. The Bertz CT molecular complexity index is 926. The highest BCUT2D eigenvalue weighted by atomic mass is 35.5. The van der Waals surface area contributed by atoms with E-state index in [4.69, 9.17) is 27.9 Å². The van der Waals surface area contributed by atoms with Gasteiger partial charge in [-0.25, -0.2) is 0 Å². The van der Waals surface area contributed by atoms with Crippen molar-refractivity contribution >= 4 is 40.3 Å². The van der Waals surface area contributed by atoms with Crippen molar-refractivity contribution in [1.29, 1.82) is 0 Å². The minimum atomic E-state index is -1.76. The molecule has 0 saturated heterocycles. The van der Waals surface area contributed by atoms with Crippen LogP contribution in [0.4, 0.5) is 0 Å². The third-order valence-electron chi connectivity index (χ3n) is 6.31. The number of benzene rings is 1. The van der Waals surface area contributed by atoms with Gasteiger partial charge in [-0.3, -0.25) is 9.59 Å². The molecule has 0 radical (unpaired) electrons. The van der Waals surface area contributed by atoms with E-state index in [9.17, 15) is 14.7 Å². The maximum Gasteiger partial charge on any atom is 0.196 e. The Labute approximate surface area is 181 Å². The van der Waals surface area contributed by atoms with Gasteiger partial charge >= 0.3 is 0 Å². The van der Waals surface area contributed by atoms with Gasteiger partial charge in [0.2, 0.25) is 0 Å². The third-order valence-corrected chi connectivity index (χ3v) is 6.94. The Kier molecular flexibility index (Phi) is 4.83. The zero-order valence-corrected chi connectivity index (χ0v) is 18.7. The van der Waals surface area contributed by atoms with Crippen molar-refractivity contribution in [2.45, 2.75) is 65.3 Å². The molecular formula is C23H26Cl2O4. The second-order valence-electron chi connectivity index (χ2n) is 10.3. The van der Waals surface area contributed by atoms with Crippen LogP contribution in [0.25, 0.3) is 5.57 Å². The molecule has 2 aliphatic carbocycles. The molecule has 1 N–H and O–H groups in total. The SMILES string of the molecule is CC1(C)CC(=O)C2C(c3c(Cl)cccc3Cl)=C3C(=O)CC(C)(C)CC3(O)OC2C1. The van der Waals surface area contributed by atoms with E-state index in [-0.39, 0.29) is 35.4 Å². The lowest BCUT2D eigenvalue weighted by atomic mass is 9.61. The maximum absolute atomic E-state index is 13.3. The quantitative estimate of drug-likeness (QED) is 0.654. The number of hydrogen-bond acceptors (Lipinski definition) is 4. The Morgan fingerprint density at radius 1 is 1.03 bits per heavy atom. The van der Waals surface area contributed by atoms with Crippen molar-refractivity contribution in [2.24, 2.45) is 16.7 Å². The highest BCUT2D eigenvalue weighted by Gasteiger charge is 2.58. The fraction of sp³-hybridized carbons (Fsp3) is 0.565. The smallest absolute Gasteiger partial charge is 0.196 e. The van der Waals surface area contributed by atoms with Gasteiger partial charge in [0, 0.05) is 34.9 Å². The van der Waals surface area contributed by atoms with E-state index in [1.807, 2.05) is 27.7 Å². The second kappa shape index (κ2) is 6.65. The second-order valence-corrected chi connectivity index (χ2v) is 11.1. The number of fused-ring (bicyclic) bond motifs is 2. The van der Waals surface area contributed by atoms with Crippen molar-refractivity contribution in [2.75, 3.05) is 0 Å². The Hall–Kier alpha value is -1.20. The van der Waals surface area contributed by atoms with Gasteiger partial charge in [-0.15, -0.1) is 0 Å². The first-order valence-electron chi connectivity index (χ1n) is 9.99. The van der Waals surface area contributed by atoms with E-state index >= 15 is 0 Å². The van der Waals surface area contributed by atoms with Crippen LogP contribution >= 0.6 is 23.2 Å². The van der Waals surface area contributed by atoms with Crippen molar-refractivity contribution in [3.8, 4) is 0 Å². The number of carbonyl (C=O) groups is 2. The fourth-order valence-corrected chi connectivity index (χ4v) is 6.02. The first-order valence-corrected chi connectivity index (χ1v) is 10.7. The van der Waals surface area contributed by atoms with E-state index in [1.165, 1.54) is 0 Å². The largest absolute Gasteiger partial charge is 0.362 e. The first kappa shape index (κ1) is 21.0. The van der Waals surface area contributed by atoms with Gasteiger partial charge < -0.3 is 9.84 Å². The van der Waals surface area contributed by atoms with Gasteiger partial charge in [0.15, 0.2) is 11.6 Å². The summed E-state index contributed by atoms with van der Waals surface area (Å²) in [6, 6.07) is 5.10. The highest BCUT2D eigenvalue weighted by Crippen LogP contribution is 2.56. The first-order chi connectivity index (χ1) is 13.3. The van der Waals surface area contributed by atoms with Crippen LogP contribution in [-0.4, -0.2) is 28.6 Å². The highest BCUT2D eigenvalue weighted by molar-refractivity contribution is 6.38. The van der Waals surface area contributed by atoms with Gasteiger partial charge in [-0.1, -0.05) is 57.0 Å². The minimum Gasteiger partial charge on any atom is -0.362 e. The molecule has 3 unspecified atom stereocenters. The van der Waals surface area contributed by atoms with E-state index in [1.54, 1.807) is 18.2 Å². The number of ketones is 2. The van der Waals surface area contributed by atoms with Gasteiger partial charge in [0.1, 0.15) is 5.78 Å². The number of hydrogen-bond donors (Lipinski definition) is 1. The van der Waals surface area contributed by atoms with Crippen LogP contribution in [0, 0.1) is 16.7 Å². The molecule has 1 aliphatic heterocycles. The number of Topliss-reactive ketones (excluding diaryl/α,β-unsaturated/α-hetero) is 2. The predicted molar refractivity (Wildman–Crippen MR) is 113 cm³/mol. The molecule has 0 amide bonds. The van der Waals surface area contributed by atoms with Crippen molar-refractivity contribution in [3.05, 3.63) is 39.4 Å². The Morgan fingerprint density at radius 3 is 2.28 bits per heavy atom.